The number of hydrogen-bond donors (Lipinski definition) is 0. The Morgan fingerprint density at radius 3 is 2.24 bits per heavy atom. The number of anilines is 3. The number of nitrogens with zero attached hydrogens (tertiary/aromatic N) is 4. The van der Waals surface area contributed by atoms with Crippen molar-refractivity contribution >= 4 is 23.5 Å². The molecule has 1 heterocycles. The number of carbonyl (C=O) groups is 1. The van der Waals surface area contributed by atoms with E-state index in [0.717, 1.165) is 5.69 Å². The highest BCUT2D eigenvalue weighted by Gasteiger charge is 2.16. The minimum Gasteiger partial charge on any atom is -0.410 e. The van der Waals surface area contributed by atoms with Gasteiger partial charge in [-0.25, -0.2) is 9.78 Å². The molecule has 0 aliphatic rings. The summed E-state index contributed by atoms with van der Waals surface area (Å²) in [6.45, 7) is 0. The third kappa shape index (κ3) is 3.92. The summed E-state index contributed by atoms with van der Waals surface area (Å²) < 4.78 is 5.33. The quantitative estimate of drug-likeness (QED) is 0.725. The summed E-state index contributed by atoms with van der Waals surface area (Å²) >= 11 is 0. The molecule has 0 saturated heterocycles. The highest BCUT2D eigenvalue weighted by atomic mass is 16.6. The number of amides is 1. The lowest BCUT2D eigenvalue weighted by molar-refractivity contribution is 0.209. The van der Waals surface area contributed by atoms with Gasteiger partial charge in [0.25, 0.3) is 0 Å². The van der Waals surface area contributed by atoms with Gasteiger partial charge in [-0.15, -0.1) is 0 Å². The second kappa shape index (κ2) is 7.44. The lowest BCUT2D eigenvalue weighted by Crippen LogP contribution is -2.30. The van der Waals surface area contributed by atoms with Crippen LogP contribution in [0, 0.1) is 0 Å². The van der Waals surface area contributed by atoms with Crippen molar-refractivity contribution in [3.8, 4) is 5.75 Å². The minimum absolute atomic E-state index is 0.453. The van der Waals surface area contributed by atoms with Crippen LogP contribution in [0.25, 0.3) is 0 Å². The molecule has 0 bridgehead atoms. The van der Waals surface area contributed by atoms with E-state index in [1.165, 1.54) is 4.90 Å². The van der Waals surface area contributed by atoms with Crippen LogP contribution >= 0.6 is 0 Å². The van der Waals surface area contributed by atoms with Crippen molar-refractivity contribution < 1.29 is 9.53 Å². The largest absolute Gasteiger partial charge is 0.420 e. The van der Waals surface area contributed by atoms with Crippen molar-refractivity contribution in [2.24, 2.45) is 0 Å². The molecule has 25 heavy (non-hydrogen) atoms. The van der Waals surface area contributed by atoms with E-state index < -0.39 is 6.09 Å². The average molecular weight is 334 g/mol. The van der Waals surface area contributed by atoms with Crippen LogP contribution in [0.2, 0.25) is 0 Å². The predicted molar refractivity (Wildman–Crippen MR) is 97.4 cm³/mol. The van der Waals surface area contributed by atoms with Gasteiger partial charge >= 0.3 is 6.09 Å². The van der Waals surface area contributed by atoms with Gasteiger partial charge in [-0.3, -0.25) is 4.90 Å². The Labute approximate surface area is 146 Å². The molecule has 0 saturated carbocycles. The molecule has 3 aromatic rings. The summed E-state index contributed by atoms with van der Waals surface area (Å²) in [6.07, 6.45) is 1.10. The highest BCUT2D eigenvalue weighted by Crippen LogP contribution is 2.21. The van der Waals surface area contributed by atoms with Gasteiger partial charge in [-0.1, -0.05) is 36.4 Å². The third-order valence-corrected chi connectivity index (χ3v) is 3.64. The van der Waals surface area contributed by atoms with E-state index in [-0.39, 0.29) is 0 Å². The van der Waals surface area contributed by atoms with Gasteiger partial charge in [-0.2, -0.15) is 4.98 Å². The summed E-state index contributed by atoms with van der Waals surface area (Å²) in [7, 11) is 3.48. The van der Waals surface area contributed by atoms with Crippen molar-refractivity contribution in [3.63, 3.8) is 0 Å². The highest BCUT2D eigenvalue weighted by molar-refractivity contribution is 5.87. The van der Waals surface area contributed by atoms with Crippen molar-refractivity contribution in [3.05, 3.63) is 72.9 Å². The molecule has 0 aliphatic heterocycles. The van der Waals surface area contributed by atoms with Crippen LogP contribution in [0.15, 0.2) is 72.9 Å². The topological polar surface area (TPSA) is 58.6 Å². The molecule has 6 nitrogen and oxygen atoms in total. The summed E-state index contributed by atoms with van der Waals surface area (Å²) in [6, 6.07) is 20.3. The number of aromatic nitrogens is 2. The Hall–Kier alpha value is -3.41. The van der Waals surface area contributed by atoms with Crippen molar-refractivity contribution in [1.29, 1.82) is 0 Å². The van der Waals surface area contributed by atoms with Crippen LogP contribution in [-0.4, -0.2) is 30.2 Å². The molecule has 1 aromatic heterocycles. The summed E-state index contributed by atoms with van der Waals surface area (Å²) in [5.74, 6) is 1.42. The standard InChI is InChI=1S/C19H18N4O2/c1-22(15-9-5-3-6-10-15)18-20-14-13-17(21-18)23(2)19(24)25-16-11-7-4-8-12-16/h3-14H,1-2H3. The molecule has 0 N–H and O–H groups in total. The maximum absolute atomic E-state index is 12.3. The molecule has 0 aliphatic carbocycles. The maximum Gasteiger partial charge on any atom is 0.420 e. The predicted octanol–water partition coefficient (Wildman–Crippen LogP) is 3.88. The van der Waals surface area contributed by atoms with Gasteiger partial charge in [0.05, 0.1) is 0 Å². The van der Waals surface area contributed by atoms with E-state index >= 15 is 0 Å². The fourth-order valence-electron chi connectivity index (χ4n) is 2.21. The van der Waals surface area contributed by atoms with Crippen LogP contribution in [0.3, 0.4) is 0 Å². The first-order valence-corrected chi connectivity index (χ1v) is 7.77. The Bertz CT molecular complexity index is 840. The number of hydrogen-bond acceptors (Lipinski definition) is 5. The fourth-order valence-corrected chi connectivity index (χ4v) is 2.21. The van der Waals surface area contributed by atoms with Crippen molar-refractivity contribution in [2.45, 2.75) is 0 Å². The van der Waals surface area contributed by atoms with E-state index in [4.69, 9.17) is 4.74 Å². The number of ether oxygens (including phenoxy) is 1. The van der Waals surface area contributed by atoms with Gasteiger partial charge < -0.3 is 9.64 Å². The molecule has 3 rings (SSSR count). The van der Waals surface area contributed by atoms with Crippen molar-refractivity contribution in [2.75, 3.05) is 23.9 Å². The second-order valence-corrected chi connectivity index (χ2v) is 5.35. The first kappa shape index (κ1) is 16.4. The van der Waals surface area contributed by atoms with Crippen LogP contribution < -0.4 is 14.5 Å². The first-order chi connectivity index (χ1) is 12.1. The van der Waals surface area contributed by atoms with Crippen molar-refractivity contribution in [1.82, 2.24) is 9.97 Å². The van der Waals surface area contributed by atoms with Gasteiger partial charge in [0.2, 0.25) is 5.95 Å². The molecule has 0 atom stereocenters. The average Bonchev–Trinajstić information content (AvgIpc) is 2.68. The zero-order chi connectivity index (χ0) is 17.6. The summed E-state index contributed by atoms with van der Waals surface area (Å²) in [4.78, 5) is 24.2. The fraction of sp³-hybridized carbons (Fsp3) is 0.105. The van der Waals surface area contributed by atoms with Gasteiger partial charge in [0.15, 0.2) is 0 Å². The molecule has 6 heteroatoms. The molecular formula is C19H18N4O2. The van der Waals surface area contributed by atoms with Gasteiger partial charge in [-0.05, 0) is 30.3 Å². The molecule has 0 radical (unpaired) electrons. The van der Waals surface area contributed by atoms with Crippen LogP contribution in [0.4, 0.5) is 22.2 Å². The third-order valence-electron chi connectivity index (χ3n) is 3.64. The van der Waals surface area contributed by atoms with E-state index in [1.807, 2.05) is 48.3 Å². The summed E-state index contributed by atoms with van der Waals surface area (Å²) in [5, 5.41) is 0. The lowest BCUT2D eigenvalue weighted by Gasteiger charge is -2.20. The SMILES string of the molecule is CN(C(=O)Oc1ccccc1)c1ccnc(N(C)c2ccccc2)n1. The lowest BCUT2D eigenvalue weighted by atomic mass is 10.3. The van der Waals surface area contributed by atoms with Crippen LogP contribution in [0.1, 0.15) is 0 Å². The zero-order valence-electron chi connectivity index (χ0n) is 14.0. The molecule has 2 aromatic carbocycles. The normalized spacial score (nSPS) is 10.2. The molecule has 0 unspecified atom stereocenters. The first-order valence-electron chi connectivity index (χ1n) is 7.77. The Balaban J connectivity index is 1.77. The number of benzene rings is 2. The molecule has 0 spiro atoms. The second-order valence-electron chi connectivity index (χ2n) is 5.35. The number of carbonyl (C=O) groups excluding carboxylic acids is 1. The monoisotopic (exact) mass is 334 g/mol. The molecule has 126 valence electrons. The smallest absolute Gasteiger partial charge is 0.410 e. The van der Waals surface area contributed by atoms with Crippen LogP contribution in [-0.2, 0) is 0 Å². The Morgan fingerprint density at radius 1 is 0.920 bits per heavy atom. The molecule has 0 fully saturated rings. The number of rotatable bonds is 4. The molecular weight excluding hydrogens is 316 g/mol. The Morgan fingerprint density at radius 2 is 1.56 bits per heavy atom. The van der Waals surface area contributed by atoms with Crippen LogP contribution in [0.5, 0.6) is 5.75 Å². The van der Waals surface area contributed by atoms with E-state index in [9.17, 15) is 4.79 Å². The zero-order valence-corrected chi connectivity index (χ0v) is 14.0. The van der Waals surface area contributed by atoms with E-state index in [0.29, 0.717) is 17.5 Å². The Kier molecular flexibility index (Phi) is 4.89. The van der Waals surface area contributed by atoms with E-state index in [2.05, 4.69) is 9.97 Å². The number of para-hydroxylation sites is 2. The minimum atomic E-state index is -0.516. The van der Waals surface area contributed by atoms with E-state index in [1.54, 1.807) is 43.6 Å². The molecule has 1 amide bonds. The van der Waals surface area contributed by atoms with Gasteiger partial charge in [0.1, 0.15) is 11.6 Å². The maximum atomic E-state index is 12.3. The summed E-state index contributed by atoms with van der Waals surface area (Å²) in [5.41, 5.74) is 0.953. The van der Waals surface area contributed by atoms with Gasteiger partial charge in [0, 0.05) is 26.0 Å².